The summed E-state index contributed by atoms with van der Waals surface area (Å²) in [7, 11) is 0. The third-order valence-corrected chi connectivity index (χ3v) is 5.37. The Bertz CT molecular complexity index is 1090. The van der Waals surface area contributed by atoms with Gasteiger partial charge in [0.15, 0.2) is 17.3 Å². The van der Waals surface area contributed by atoms with Crippen molar-refractivity contribution in [3.63, 3.8) is 0 Å². The molecule has 2 aromatic rings. The summed E-state index contributed by atoms with van der Waals surface area (Å²) in [6.07, 6.45) is 0.517. The number of carbonyl (C=O) groups excluding carboxylic acids is 2. The molecule has 0 heterocycles. The van der Waals surface area contributed by atoms with Gasteiger partial charge in [-0.15, -0.1) is 0 Å². The van der Waals surface area contributed by atoms with E-state index in [0.717, 1.165) is 5.56 Å². The molecule has 0 aliphatic heterocycles. The maximum atomic E-state index is 12.6. The number of benzene rings is 2. The highest BCUT2D eigenvalue weighted by Crippen LogP contribution is 2.47. The molecular weight excluding hydrogens is 460 g/mol. The molecule has 0 atom stereocenters. The second kappa shape index (κ2) is 10.6. The van der Waals surface area contributed by atoms with Gasteiger partial charge in [0.05, 0.1) is 11.5 Å². The average molecular weight is 491 g/mol. The molecule has 2 aromatic carbocycles. The van der Waals surface area contributed by atoms with E-state index in [9.17, 15) is 30.0 Å². The van der Waals surface area contributed by atoms with E-state index in [0.29, 0.717) is 29.5 Å². The van der Waals surface area contributed by atoms with Crippen molar-refractivity contribution in [3.05, 3.63) is 41.5 Å². The minimum Gasteiger partial charge on any atom is -0.488 e. The number of aliphatic hydroxyl groups excluding tert-OH is 2. The van der Waals surface area contributed by atoms with Crippen molar-refractivity contribution < 1.29 is 49.0 Å². The van der Waals surface area contributed by atoms with Gasteiger partial charge in [-0.05, 0) is 57.4 Å². The number of fused-ring (bicyclic) bond motifs is 1. The predicted molar refractivity (Wildman–Crippen MR) is 123 cm³/mol. The molecule has 10 nitrogen and oxygen atoms in total. The number of ketones is 1. The Hall–Kier alpha value is -3.18. The van der Waals surface area contributed by atoms with Crippen LogP contribution in [0.1, 0.15) is 50.0 Å². The molecule has 0 amide bonds. The van der Waals surface area contributed by atoms with Crippen molar-refractivity contribution in [3.8, 4) is 28.4 Å². The fraction of sp³-hybridized carbons (Fsp3) is 0.440. The molecule has 0 radical (unpaired) electrons. The summed E-state index contributed by atoms with van der Waals surface area (Å²) in [5, 5.41) is 37.7. The lowest BCUT2D eigenvalue weighted by atomic mass is 9.94. The topological polar surface area (TPSA) is 152 Å². The van der Waals surface area contributed by atoms with Crippen LogP contribution >= 0.6 is 0 Å². The van der Waals surface area contributed by atoms with Crippen LogP contribution in [-0.2, 0) is 16.0 Å². The number of aliphatic hydroxyl groups is 4. The molecule has 3 rings (SSSR count). The van der Waals surface area contributed by atoms with Crippen LogP contribution in [-0.4, -0.2) is 57.8 Å². The quantitative estimate of drug-likeness (QED) is 0.288. The molecule has 0 aromatic heterocycles. The molecular formula is C25H30O10. The van der Waals surface area contributed by atoms with E-state index < -0.39 is 24.3 Å². The zero-order chi connectivity index (χ0) is 25.9. The predicted octanol–water partition coefficient (Wildman–Crippen LogP) is 2.13. The SMILES string of the molecule is CC(C)OC(=O)C(C)(C)COc1c(-c2cccc3c2CCC3=O)ccc(OC(O)O)c1OC(O)O. The zero-order valence-electron chi connectivity index (χ0n) is 20.0. The summed E-state index contributed by atoms with van der Waals surface area (Å²) in [4.78, 5) is 24.9. The molecule has 1 aliphatic rings. The molecule has 35 heavy (non-hydrogen) atoms. The number of esters is 1. The normalized spacial score (nSPS) is 13.4. The molecule has 10 heteroatoms. The summed E-state index contributed by atoms with van der Waals surface area (Å²) >= 11 is 0. The monoisotopic (exact) mass is 490 g/mol. The van der Waals surface area contributed by atoms with Gasteiger partial charge in [0.25, 0.3) is 0 Å². The van der Waals surface area contributed by atoms with E-state index in [1.165, 1.54) is 6.07 Å². The second-order valence-corrected chi connectivity index (χ2v) is 9.04. The van der Waals surface area contributed by atoms with Gasteiger partial charge >= 0.3 is 18.9 Å². The Kier molecular flexibility index (Phi) is 8.01. The standard InChI is InChI=1S/C25H30O10/c1-13(2)33-22(27)25(3,4)12-32-20-17(14-6-5-7-16-15(14)8-10-18(16)26)9-11-19(34-23(28)29)21(20)35-24(30)31/h5-7,9,11,13,23-24,28-31H,8,10,12H2,1-4H3. The smallest absolute Gasteiger partial charge is 0.315 e. The highest BCUT2D eigenvalue weighted by Gasteiger charge is 2.33. The Morgan fingerprint density at radius 1 is 0.914 bits per heavy atom. The number of carbonyl (C=O) groups is 2. The van der Waals surface area contributed by atoms with Crippen LogP contribution in [0.3, 0.4) is 0 Å². The Balaban J connectivity index is 2.14. The first-order valence-electron chi connectivity index (χ1n) is 11.1. The Labute approximate surface area is 202 Å². The first-order chi connectivity index (χ1) is 16.4. The van der Waals surface area contributed by atoms with Crippen molar-refractivity contribution in [2.75, 3.05) is 6.61 Å². The van der Waals surface area contributed by atoms with Crippen LogP contribution in [0.5, 0.6) is 17.2 Å². The fourth-order valence-corrected chi connectivity index (χ4v) is 3.75. The number of rotatable bonds is 10. The van der Waals surface area contributed by atoms with Crippen LogP contribution in [0.15, 0.2) is 30.3 Å². The number of hydrogen-bond donors (Lipinski definition) is 4. The lowest BCUT2D eigenvalue weighted by Gasteiger charge is -2.27. The minimum atomic E-state index is -2.30. The third-order valence-electron chi connectivity index (χ3n) is 5.37. The van der Waals surface area contributed by atoms with Crippen LogP contribution < -0.4 is 14.2 Å². The van der Waals surface area contributed by atoms with Crippen LogP contribution in [0.2, 0.25) is 0 Å². The molecule has 190 valence electrons. The number of ether oxygens (including phenoxy) is 4. The van der Waals surface area contributed by atoms with E-state index >= 15 is 0 Å². The summed E-state index contributed by atoms with van der Waals surface area (Å²) in [5.74, 6) is -1.14. The summed E-state index contributed by atoms with van der Waals surface area (Å²) in [6.45, 7) is 1.95. The minimum absolute atomic E-state index is 0.00694. The largest absolute Gasteiger partial charge is 0.488 e. The van der Waals surface area contributed by atoms with Gasteiger partial charge in [0, 0.05) is 17.5 Å². The molecule has 1 aliphatic carbocycles. The van der Waals surface area contributed by atoms with E-state index in [-0.39, 0.29) is 35.7 Å². The van der Waals surface area contributed by atoms with Crippen LogP contribution in [0, 0.1) is 5.41 Å². The Morgan fingerprint density at radius 3 is 2.20 bits per heavy atom. The van der Waals surface area contributed by atoms with Crippen molar-refractivity contribution in [1.29, 1.82) is 0 Å². The van der Waals surface area contributed by atoms with E-state index in [1.807, 2.05) is 0 Å². The molecule has 0 fully saturated rings. The van der Waals surface area contributed by atoms with Crippen molar-refractivity contribution in [2.24, 2.45) is 5.41 Å². The van der Waals surface area contributed by atoms with Crippen molar-refractivity contribution in [2.45, 2.75) is 59.6 Å². The van der Waals surface area contributed by atoms with Gasteiger partial charge < -0.3 is 39.4 Å². The van der Waals surface area contributed by atoms with E-state index in [2.05, 4.69) is 0 Å². The molecule has 0 unspecified atom stereocenters. The number of hydrogen-bond acceptors (Lipinski definition) is 10. The average Bonchev–Trinajstić information content (AvgIpc) is 3.14. The van der Waals surface area contributed by atoms with Gasteiger partial charge in [-0.3, -0.25) is 9.59 Å². The van der Waals surface area contributed by atoms with Gasteiger partial charge in [-0.1, -0.05) is 18.2 Å². The van der Waals surface area contributed by atoms with Gasteiger partial charge in [-0.25, -0.2) is 0 Å². The number of Topliss-reactive ketones (excluding diaryl/α,β-unsaturated/α-hetero) is 1. The lowest BCUT2D eigenvalue weighted by Crippen LogP contribution is -2.34. The highest BCUT2D eigenvalue weighted by molar-refractivity contribution is 6.02. The van der Waals surface area contributed by atoms with Crippen LogP contribution in [0.25, 0.3) is 11.1 Å². The maximum Gasteiger partial charge on any atom is 0.315 e. The second-order valence-electron chi connectivity index (χ2n) is 9.04. The summed E-state index contributed by atoms with van der Waals surface area (Å²) in [6, 6.07) is 8.12. The van der Waals surface area contributed by atoms with Crippen molar-refractivity contribution >= 4 is 11.8 Å². The molecule has 0 saturated heterocycles. The maximum absolute atomic E-state index is 12.6. The molecule has 0 saturated carbocycles. The zero-order valence-corrected chi connectivity index (χ0v) is 20.0. The first kappa shape index (κ1) is 26.4. The van der Waals surface area contributed by atoms with E-state index in [1.54, 1.807) is 52.0 Å². The molecule has 4 N–H and O–H groups in total. The summed E-state index contributed by atoms with van der Waals surface area (Å²) < 4.78 is 21.4. The van der Waals surface area contributed by atoms with E-state index in [4.69, 9.17) is 18.9 Å². The lowest BCUT2D eigenvalue weighted by molar-refractivity contribution is -0.193. The highest BCUT2D eigenvalue weighted by atomic mass is 16.8. The van der Waals surface area contributed by atoms with Crippen LogP contribution in [0.4, 0.5) is 0 Å². The van der Waals surface area contributed by atoms with Gasteiger partial charge in [-0.2, -0.15) is 0 Å². The molecule has 0 spiro atoms. The molecule has 0 bridgehead atoms. The van der Waals surface area contributed by atoms with Gasteiger partial charge in [0.2, 0.25) is 5.75 Å². The van der Waals surface area contributed by atoms with Crippen molar-refractivity contribution in [1.82, 2.24) is 0 Å². The fourth-order valence-electron chi connectivity index (χ4n) is 3.75. The first-order valence-corrected chi connectivity index (χ1v) is 11.1. The summed E-state index contributed by atoms with van der Waals surface area (Å²) in [5.41, 5.74) is 1.30. The third kappa shape index (κ3) is 6.09. The van der Waals surface area contributed by atoms with Gasteiger partial charge in [0.1, 0.15) is 6.61 Å². The Morgan fingerprint density at radius 2 is 1.57 bits per heavy atom.